The summed E-state index contributed by atoms with van der Waals surface area (Å²) in [4.78, 5) is 30.7. The third-order valence-electron chi connectivity index (χ3n) is 6.12. The molecule has 5 rings (SSSR count). The topological polar surface area (TPSA) is 123 Å². The Balaban J connectivity index is 1.75. The van der Waals surface area contributed by atoms with Crippen molar-refractivity contribution in [1.82, 2.24) is 19.5 Å². The molecule has 0 saturated carbocycles. The highest BCUT2D eigenvalue weighted by atomic mass is 19.1. The predicted molar refractivity (Wildman–Crippen MR) is 145 cm³/mol. The van der Waals surface area contributed by atoms with E-state index in [0.717, 1.165) is 22.1 Å². The number of aryl methyl sites for hydroxylation is 1. The third kappa shape index (κ3) is 4.63. The minimum absolute atomic E-state index is 0.00987. The third-order valence-corrected chi connectivity index (χ3v) is 6.12. The van der Waals surface area contributed by atoms with E-state index in [-0.39, 0.29) is 22.9 Å². The quantitative estimate of drug-likeness (QED) is 0.327. The Bertz CT molecular complexity index is 1820. The number of rotatable bonds is 5. The molecule has 0 aliphatic rings. The zero-order chi connectivity index (χ0) is 26.8. The van der Waals surface area contributed by atoms with Crippen molar-refractivity contribution in [2.75, 3.05) is 5.73 Å². The highest BCUT2D eigenvalue weighted by Crippen LogP contribution is 2.30. The number of fused-ring (bicyclic) bond motifs is 1. The summed E-state index contributed by atoms with van der Waals surface area (Å²) in [5, 5.41) is 10.6. The van der Waals surface area contributed by atoms with E-state index in [9.17, 15) is 14.4 Å². The van der Waals surface area contributed by atoms with Crippen LogP contribution in [0, 0.1) is 24.1 Å². The predicted octanol–water partition coefficient (Wildman–Crippen LogP) is 5.25. The Morgan fingerprint density at radius 3 is 2.71 bits per heavy atom. The zero-order valence-corrected chi connectivity index (χ0v) is 20.6. The molecule has 0 aliphatic heterocycles. The smallest absolute Gasteiger partial charge is 0.263 e. The number of hydrogen-bond acceptors (Lipinski definition) is 7. The summed E-state index contributed by atoms with van der Waals surface area (Å²) in [6.07, 6.45) is 6.35. The molecule has 0 spiro atoms. The highest BCUT2D eigenvalue weighted by molar-refractivity contribution is 5.96. The number of nitrogen functional groups attached to an aromatic ring is 1. The van der Waals surface area contributed by atoms with Crippen LogP contribution in [0.2, 0.25) is 0 Å². The maximum absolute atomic E-state index is 14.3. The zero-order valence-electron chi connectivity index (χ0n) is 20.6. The van der Waals surface area contributed by atoms with E-state index in [0.29, 0.717) is 16.8 Å². The van der Waals surface area contributed by atoms with E-state index in [1.807, 2.05) is 50.2 Å². The molecular weight excluding hydrogens is 481 g/mol. The van der Waals surface area contributed by atoms with Crippen molar-refractivity contribution in [3.05, 3.63) is 106 Å². The first-order valence-corrected chi connectivity index (χ1v) is 11.8. The normalized spacial score (nSPS) is 12.1. The number of pyridine rings is 2. The molecule has 1 atom stereocenters. The van der Waals surface area contributed by atoms with E-state index in [4.69, 9.17) is 5.73 Å². The molecule has 0 aliphatic carbocycles. The summed E-state index contributed by atoms with van der Waals surface area (Å²) < 4.78 is 15.8. The van der Waals surface area contributed by atoms with Crippen LogP contribution in [0.4, 0.5) is 16.2 Å². The van der Waals surface area contributed by atoms with Crippen LogP contribution in [-0.4, -0.2) is 25.7 Å². The van der Waals surface area contributed by atoms with Gasteiger partial charge in [0.2, 0.25) is 5.95 Å². The van der Waals surface area contributed by atoms with Gasteiger partial charge in [-0.3, -0.25) is 14.3 Å². The van der Waals surface area contributed by atoms with Crippen LogP contribution in [0.3, 0.4) is 0 Å². The van der Waals surface area contributed by atoms with Crippen LogP contribution in [-0.2, 0) is 0 Å². The SMILES string of the molecule is Cc1cncc(-c2cccc3cc(C(C)C=Nc4nc(N)ncc4C#N)n(-c4cccc(F)c4)c(=O)c23)c1. The van der Waals surface area contributed by atoms with Crippen molar-refractivity contribution in [2.24, 2.45) is 4.99 Å². The van der Waals surface area contributed by atoms with Crippen LogP contribution < -0.4 is 11.3 Å². The number of hydrogen-bond donors (Lipinski definition) is 1. The molecule has 2 aromatic carbocycles. The van der Waals surface area contributed by atoms with Gasteiger partial charge < -0.3 is 5.73 Å². The lowest BCUT2D eigenvalue weighted by Gasteiger charge is -2.19. The van der Waals surface area contributed by atoms with Crippen molar-refractivity contribution in [2.45, 2.75) is 19.8 Å². The van der Waals surface area contributed by atoms with Crippen molar-refractivity contribution in [3.63, 3.8) is 0 Å². The fourth-order valence-corrected chi connectivity index (χ4v) is 4.36. The number of halogens is 1. The summed E-state index contributed by atoms with van der Waals surface area (Å²) >= 11 is 0. The van der Waals surface area contributed by atoms with E-state index in [1.54, 1.807) is 30.7 Å². The molecule has 0 bridgehead atoms. The highest BCUT2D eigenvalue weighted by Gasteiger charge is 2.19. The molecule has 3 aromatic heterocycles. The van der Waals surface area contributed by atoms with Gasteiger partial charge in [0.05, 0.1) is 17.3 Å². The van der Waals surface area contributed by atoms with Crippen molar-refractivity contribution in [3.8, 4) is 22.9 Å². The lowest BCUT2D eigenvalue weighted by Crippen LogP contribution is -2.24. The Kier molecular flexibility index (Phi) is 6.46. The number of benzene rings is 2. The van der Waals surface area contributed by atoms with Gasteiger partial charge in [0.15, 0.2) is 5.82 Å². The lowest BCUT2D eigenvalue weighted by atomic mass is 9.97. The van der Waals surface area contributed by atoms with Gasteiger partial charge in [-0.1, -0.05) is 31.2 Å². The monoisotopic (exact) mass is 503 g/mol. The second-order valence-corrected chi connectivity index (χ2v) is 8.85. The molecule has 0 radical (unpaired) electrons. The molecule has 0 amide bonds. The average molecular weight is 504 g/mol. The summed E-state index contributed by atoms with van der Waals surface area (Å²) in [6, 6.07) is 17.4. The first kappa shape index (κ1) is 24.5. The average Bonchev–Trinajstić information content (AvgIpc) is 2.91. The van der Waals surface area contributed by atoms with Crippen LogP contribution in [0.1, 0.15) is 29.7 Å². The molecule has 9 heteroatoms. The first-order chi connectivity index (χ1) is 18.4. The lowest BCUT2D eigenvalue weighted by molar-refractivity contribution is 0.626. The van der Waals surface area contributed by atoms with E-state index >= 15 is 0 Å². The molecule has 0 fully saturated rings. The first-order valence-electron chi connectivity index (χ1n) is 11.8. The number of nitrogens with two attached hydrogens (primary N) is 1. The summed E-state index contributed by atoms with van der Waals surface area (Å²) in [7, 11) is 0. The number of nitriles is 1. The summed E-state index contributed by atoms with van der Waals surface area (Å²) in [5.41, 5.74) is 9.02. The number of anilines is 1. The fraction of sp³-hybridized carbons (Fsp3) is 0.103. The molecule has 38 heavy (non-hydrogen) atoms. The van der Waals surface area contributed by atoms with Crippen LogP contribution >= 0.6 is 0 Å². The molecular formula is C29H22FN7O. The Morgan fingerprint density at radius 2 is 1.95 bits per heavy atom. The Morgan fingerprint density at radius 1 is 1.13 bits per heavy atom. The molecule has 2 N–H and O–H groups in total. The van der Waals surface area contributed by atoms with Gasteiger partial charge >= 0.3 is 0 Å². The second-order valence-electron chi connectivity index (χ2n) is 8.85. The maximum atomic E-state index is 14.3. The van der Waals surface area contributed by atoms with Crippen LogP contribution in [0.5, 0.6) is 0 Å². The van der Waals surface area contributed by atoms with Gasteiger partial charge in [0.25, 0.3) is 5.56 Å². The van der Waals surface area contributed by atoms with Crippen molar-refractivity contribution < 1.29 is 4.39 Å². The maximum Gasteiger partial charge on any atom is 0.263 e. The number of aromatic nitrogens is 4. The van der Waals surface area contributed by atoms with E-state index in [1.165, 1.54) is 22.9 Å². The fourth-order valence-electron chi connectivity index (χ4n) is 4.36. The van der Waals surface area contributed by atoms with E-state index < -0.39 is 11.7 Å². The second kappa shape index (κ2) is 10.0. The Hall–Kier alpha value is -5.23. The van der Waals surface area contributed by atoms with E-state index in [2.05, 4.69) is 19.9 Å². The summed E-state index contributed by atoms with van der Waals surface area (Å²) in [6.45, 7) is 3.79. The molecule has 1 unspecified atom stereocenters. The van der Waals surface area contributed by atoms with Crippen molar-refractivity contribution in [1.29, 1.82) is 5.26 Å². The largest absolute Gasteiger partial charge is 0.368 e. The van der Waals surface area contributed by atoms with Gasteiger partial charge in [0.1, 0.15) is 17.4 Å². The van der Waals surface area contributed by atoms with Crippen LogP contribution in [0.25, 0.3) is 27.6 Å². The van der Waals surface area contributed by atoms with Gasteiger partial charge in [-0.25, -0.2) is 14.4 Å². The van der Waals surface area contributed by atoms with Crippen molar-refractivity contribution >= 4 is 28.8 Å². The Labute approximate surface area is 217 Å². The molecule has 0 saturated heterocycles. The number of aliphatic imine (C=N–C) groups is 1. The van der Waals surface area contributed by atoms with Gasteiger partial charge in [0, 0.05) is 35.8 Å². The molecule has 3 heterocycles. The minimum atomic E-state index is -0.465. The molecule has 186 valence electrons. The molecule has 5 aromatic rings. The summed E-state index contributed by atoms with van der Waals surface area (Å²) in [5.74, 6) is -0.777. The van der Waals surface area contributed by atoms with Gasteiger partial charge in [-0.05, 0) is 53.8 Å². The van der Waals surface area contributed by atoms with Gasteiger partial charge in [-0.15, -0.1) is 0 Å². The van der Waals surface area contributed by atoms with Crippen LogP contribution in [0.15, 0.2) is 83.0 Å². The van der Waals surface area contributed by atoms with Gasteiger partial charge in [-0.2, -0.15) is 10.2 Å². The standard InChI is InChI=1S/C29H22FN7O/c1-17-9-20(15-33-13-17)24-8-3-5-19-10-25(18(2)14-34-27-21(12-31)16-35-29(32)36-27)37(28(38)26(19)24)23-7-4-6-22(30)11-23/h3-11,13-16,18H,1-2H3,(H2,32,35,36). The number of nitrogens with zero attached hydrogens (tertiary/aromatic N) is 6. The minimum Gasteiger partial charge on any atom is -0.368 e. The molecule has 8 nitrogen and oxygen atoms in total.